The van der Waals surface area contributed by atoms with Crippen LogP contribution in [0.2, 0.25) is 0 Å². The van der Waals surface area contributed by atoms with Gasteiger partial charge in [0.2, 0.25) is 5.91 Å². The van der Waals surface area contributed by atoms with Crippen molar-refractivity contribution >= 4 is 17.3 Å². The molecule has 0 unspecified atom stereocenters. The van der Waals surface area contributed by atoms with E-state index in [0.717, 1.165) is 64.2 Å². The summed E-state index contributed by atoms with van der Waals surface area (Å²) in [6.45, 7) is 6.40. The van der Waals surface area contributed by atoms with Crippen molar-refractivity contribution < 1.29 is 4.79 Å². The zero-order valence-electron chi connectivity index (χ0n) is 16.0. The van der Waals surface area contributed by atoms with Gasteiger partial charge in [-0.15, -0.1) is 0 Å². The molecule has 2 heterocycles. The van der Waals surface area contributed by atoms with Gasteiger partial charge in [0.25, 0.3) is 0 Å². The molecule has 2 aliphatic heterocycles. The minimum absolute atomic E-state index is 0.269. The number of hydrogen-bond donors (Lipinski definition) is 0. The van der Waals surface area contributed by atoms with Crippen LogP contribution in [0.5, 0.6) is 0 Å². The lowest BCUT2D eigenvalue weighted by atomic mass is 10.1. The summed E-state index contributed by atoms with van der Waals surface area (Å²) in [5.74, 6) is 0.269. The van der Waals surface area contributed by atoms with Crippen LogP contribution in [0, 0.1) is 0 Å². The maximum atomic E-state index is 12.1. The Morgan fingerprint density at radius 2 is 1.48 bits per heavy atom. The van der Waals surface area contributed by atoms with Crippen molar-refractivity contribution in [1.82, 2.24) is 4.90 Å². The summed E-state index contributed by atoms with van der Waals surface area (Å²) in [4.78, 5) is 19.0. The number of rotatable bonds is 5. The fourth-order valence-corrected chi connectivity index (χ4v) is 4.08. The first-order valence-corrected chi connectivity index (χ1v) is 10.2. The van der Waals surface area contributed by atoms with E-state index in [4.69, 9.17) is 0 Å². The van der Waals surface area contributed by atoms with Crippen LogP contribution in [0.1, 0.15) is 24.8 Å². The van der Waals surface area contributed by atoms with Gasteiger partial charge in [-0.1, -0.05) is 30.3 Å². The first-order chi connectivity index (χ1) is 13.3. The van der Waals surface area contributed by atoms with Gasteiger partial charge in [-0.3, -0.25) is 9.69 Å². The number of amides is 1. The fourth-order valence-electron chi connectivity index (χ4n) is 4.08. The smallest absolute Gasteiger partial charge is 0.226 e. The van der Waals surface area contributed by atoms with Gasteiger partial charge in [-0.25, -0.2) is 0 Å². The quantitative estimate of drug-likeness (QED) is 0.813. The molecule has 0 bridgehead atoms. The summed E-state index contributed by atoms with van der Waals surface area (Å²) in [6, 6.07) is 19.3. The molecule has 2 aromatic carbocycles. The summed E-state index contributed by atoms with van der Waals surface area (Å²) >= 11 is 0. The number of hydrogen-bond acceptors (Lipinski definition) is 3. The van der Waals surface area contributed by atoms with Crippen LogP contribution < -0.4 is 9.80 Å². The average Bonchev–Trinajstić information content (AvgIpc) is 2.74. The number of carbonyl (C=O) groups excluding carboxylic acids is 1. The number of nitrogens with zero attached hydrogens (tertiary/aromatic N) is 3. The maximum Gasteiger partial charge on any atom is 0.226 e. The van der Waals surface area contributed by atoms with Gasteiger partial charge in [-0.2, -0.15) is 0 Å². The largest absolute Gasteiger partial charge is 0.369 e. The molecule has 0 N–H and O–H groups in total. The second-order valence-corrected chi connectivity index (χ2v) is 7.58. The van der Waals surface area contributed by atoms with Crippen molar-refractivity contribution in [2.75, 3.05) is 49.1 Å². The molecule has 0 aromatic heterocycles. The SMILES string of the molecule is O=C1CCCCN1c1ccc(CCN2CCN(c3ccccc3)CC2)cc1. The second kappa shape index (κ2) is 8.57. The van der Waals surface area contributed by atoms with Crippen molar-refractivity contribution in [1.29, 1.82) is 0 Å². The van der Waals surface area contributed by atoms with Crippen molar-refractivity contribution in [2.24, 2.45) is 0 Å². The number of piperazine rings is 1. The first-order valence-electron chi connectivity index (χ1n) is 10.2. The van der Waals surface area contributed by atoms with Gasteiger partial charge >= 0.3 is 0 Å². The highest BCUT2D eigenvalue weighted by Crippen LogP contribution is 2.22. The third-order valence-corrected chi connectivity index (χ3v) is 5.78. The number of piperidine rings is 1. The lowest BCUT2D eigenvalue weighted by Gasteiger charge is -2.36. The number of para-hydroxylation sites is 1. The molecular formula is C23H29N3O. The standard InChI is InChI=1S/C23H29N3O/c27-23-8-4-5-14-26(23)22-11-9-20(10-12-22)13-15-24-16-18-25(19-17-24)21-6-2-1-3-7-21/h1-3,6-7,9-12H,4-5,8,13-19H2. The van der Waals surface area contributed by atoms with Crippen molar-refractivity contribution in [3.63, 3.8) is 0 Å². The van der Waals surface area contributed by atoms with Crippen LogP contribution in [-0.2, 0) is 11.2 Å². The van der Waals surface area contributed by atoms with Crippen LogP contribution in [0.3, 0.4) is 0 Å². The molecule has 0 radical (unpaired) electrons. The van der Waals surface area contributed by atoms with Gasteiger partial charge in [-0.05, 0) is 49.1 Å². The number of carbonyl (C=O) groups is 1. The lowest BCUT2D eigenvalue weighted by Crippen LogP contribution is -2.46. The van der Waals surface area contributed by atoms with E-state index < -0.39 is 0 Å². The topological polar surface area (TPSA) is 26.8 Å². The molecule has 4 rings (SSSR count). The lowest BCUT2D eigenvalue weighted by molar-refractivity contribution is -0.119. The summed E-state index contributed by atoms with van der Waals surface area (Å²) in [6.07, 6.45) is 3.91. The Morgan fingerprint density at radius 3 is 2.19 bits per heavy atom. The summed E-state index contributed by atoms with van der Waals surface area (Å²) in [5, 5.41) is 0. The second-order valence-electron chi connectivity index (χ2n) is 7.58. The predicted octanol–water partition coefficient (Wildman–Crippen LogP) is 3.57. The molecule has 2 aliphatic rings. The zero-order valence-corrected chi connectivity index (χ0v) is 16.0. The highest BCUT2D eigenvalue weighted by atomic mass is 16.2. The molecule has 0 aliphatic carbocycles. The molecule has 2 saturated heterocycles. The van der Waals surface area contributed by atoms with Gasteiger partial charge < -0.3 is 9.80 Å². The summed E-state index contributed by atoms with van der Waals surface area (Å²) in [7, 11) is 0. The highest BCUT2D eigenvalue weighted by molar-refractivity contribution is 5.93. The first kappa shape index (κ1) is 18.1. The van der Waals surface area contributed by atoms with E-state index in [1.807, 2.05) is 4.90 Å². The van der Waals surface area contributed by atoms with E-state index in [-0.39, 0.29) is 5.91 Å². The highest BCUT2D eigenvalue weighted by Gasteiger charge is 2.20. The van der Waals surface area contributed by atoms with E-state index in [9.17, 15) is 4.79 Å². The Hall–Kier alpha value is -2.33. The fraction of sp³-hybridized carbons (Fsp3) is 0.435. The van der Waals surface area contributed by atoms with Gasteiger partial charge in [0, 0.05) is 57.1 Å². The van der Waals surface area contributed by atoms with E-state index >= 15 is 0 Å². The van der Waals surface area contributed by atoms with E-state index in [1.165, 1.54) is 11.3 Å². The minimum Gasteiger partial charge on any atom is -0.369 e. The third-order valence-electron chi connectivity index (χ3n) is 5.78. The van der Waals surface area contributed by atoms with Gasteiger partial charge in [0.15, 0.2) is 0 Å². The van der Waals surface area contributed by atoms with E-state index in [0.29, 0.717) is 6.42 Å². The molecule has 4 nitrogen and oxygen atoms in total. The maximum absolute atomic E-state index is 12.1. The average molecular weight is 364 g/mol. The van der Waals surface area contributed by atoms with Crippen LogP contribution in [0.4, 0.5) is 11.4 Å². The van der Waals surface area contributed by atoms with Crippen LogP contribution >= 0.6 is 0 Å². The monoisotopic (exact) mass is 363 g/mol. The number of anilines is 2. The Balaban J connectivity index is 1.25. The van der Waals surface area contributed by atoms with Crippen molar-refractivity contribution in [3.05, 3.63) is 60.2 Å². The molecule has 0 atom stereocenters. The molecule has 2 aromatic rings. The van der Waals surface area contributed by atoms with Crippen LogP contribution in [0.25, 0.3) is 0 Å². The molecule has 1 amide bonds. The normalized spacial score (nSPS) is 18.7. The van der Waals surface area contributed by atoms with Gasteiger partial charge in [0.05, 0.1) is 0 Å². The van der Waals surface area contributed by atoms with Crippen molar-refractivity contribution in [3.8, 4) is 0 Å². The Labute approximate surface area is 162 Å². The Kier molecular flexibility index (Phi) is 5.73. The Morgan fingerprint density at radius 1 is 0.741 bits per heavy atom. The van der Waals surface area contributed by atoms with Crippen LogP contribution in [0.15, 0.2) is 54.6 Å². The van der Waals surface area contributed by atoms with Gasteiger partial charge in [0.1, 0.15) is 0 Å². The van der Waals surface area contributed by atoms with Crippen molar-refractivity contribution in [2.45, 2.75) is 25.7 Å². The predicted molar refractivity (Wildman–Crippen MR) is 111 cm³/mol. The van der Waals surface area contributed by atoms with E-state index in [2.05, 4.69) is 64.4 Å². The molecular weight excluding hydrogens is 334 g/mol. The molecule has 0 saturated carbocycles. The molecule has 4 heteroatoms. The molecule has 0 spiro atoms. The van der Waals surface area contributed by atoms with Crippen LogP contribution in [-0.4, -0.2) is 50.1 Å². The molecule has 27 heavy (non-hydrogen) atoms. The molecule has 2 fully saturated rings. The summed E-state index contributed by atoms with van der Waals surface area (Å²) in [5.41, 5.74) is 3.74. The summed E-state index contributed by atoms with van der Waals surface area (Å²) < 4.78 is 0. The zero-order chi connectivity index (χ0) is 18.5. The third kappa shape index (κ3) is 4.51. The number of benzene rings is 2. The van der Waals surface area contributed by atoms with E-state index in [1.54, 1.807) is 0 Å². The molecule has 142 valence electrons. The Bertz CT molecular complexity index is 736. The minimum atomic E-state index is 0.269.